The Bertz CT molecular complexity index is 1270. The number of hydrogen-bond acceptors (Lipinski definition) is 7. The number of aromatic nitrogens is 4. The minimum atomic E-state index is -0.474. The summed E-state index contributed by atoms with van der Waals surface area (Å²) in [6, 6.07) is 20.8. The van der Waals surface area contributed by atoms with Crippen molar-refractivity contribution in [1.29, 1.82) is 0 Å². The third-order valence-corrected chi connectivity index (χ3v) is 6.48. The van der Waals surface area contributed by atoms with E-state index in [4.69, 9.17) is 10.5 Å². The van der Waals surface area contributed by atoms with Crippen molar-refractivity contribution in [3.8, 4) is 0 Å². The van der Waals surface area contributed by atoms with Gasteiger partial charge in [0.05, 0.1) is 12.9 Å². The van der Waals surface area contributed by atoms with Crippen LogP contribution in [0.3, 0.4) is 0 Å². The van der Waals surface area contributed by atoms with E-state index in [1.54, 1.807) is 6.33 Å². The Hall–Kier alpha value is -3.82. The predicted molar refractivity (Wildman–Crippen MR) is 138 cm³/mol. The van der Waals surface area contributed by atoms with Gasteiger partial charge in [-0.2, -0.15) is 0 Å². The Labute approximate surface area is 210 Å². The number of carbonyl (C=O) groups excluding carboxylic acids is 1. The number of fused-ring (bicyclic) bond motifs is 1. The summed E-state index contributed by atoms with van der Waals surface area (Å²) in [4.78, 5) is 26.2. The maximum Gasteiger partial charge on any atom is 0.249 e. The van der Waals surface area contributed by atoms with Gasteiger partial charge in [-0.3, -0.25) is 9.36 Å². The van der Waals surface area contributed by atoms with Crippen molar-refractivity contribution in [1.82, 2.24) is 24.8 Å². The second kappa shape index (κ2) is 10.8. The topological polar surface area (TPSA) is 120 Å². The molecule has 0 spiro atoms. The highest BCUT2D eigenvalue weighted by molar-refractivity contribution is 5.83. The number of nitrogens with one attached hydrogen (secondary N) is 2. The molecule has 1 fully saturated rings. The van der Waals surface area contributed by atoms with Crippen LogP contribution in [-0.2, 0) is 16.1 Å². The molecule has 9 heteroatoms. The monoisotopic (exact) mass is 485 g/mol. The van der Waals surface area contributed by atoms with Crippen molar-refractivity contribution in [3.63, 3.8) is 0 Å². The Morgan fingerprint density at radius 1 is 1.08 bits per heavy atom. The van der Waals surface area contributed by atoms with Crippen molar-refractivity contribution < 1.29 is 9.53 Å². The molecule has 186 valence electrons. The van der Waals surface area contributed by atoms with Crippen LogP contribution in [0.4, 0.5) is 5.82 Å². The van der Waals surface area contributed by atoms with E-state index < -0.39 is 6.10 Å². The van der Waals surface area contributed by atoms with E-state index in [2.05, 4.69) is 74.1 Å². The fourth-order valence-corrected chi connectivity index (χ4v) is 4.69. The zero-order valence-corrected chi connectivity index (χ0v) is 20.3. The molecule has 0 radical (unpaired) electrons. The molecule has 1 aliphatic rings. The summed E-state index contributed by atoms with van der Waals surface area (Å²) >= 11 is 0. The highest BCUT2D eigenvalue weighted by Crippen LogP contribution is 2.32. The van der Waals surface area contributed by atoms with Crippen LogP contribution in [0.2, 0.25) is 0 Å². The van der Waals surface area contributed by atoms with E-state index in [1.165, 1.54) is 11.1 Å². The lowest BCUT2D eigenvalue weighted by Gasteiger charge is -2.20. The minimum Gasteiger partial charge on any atom is -0.367 e. The number of hydrogen-bond donors (Lipinski definition) is 3. The number of benzene rings is 2. The molecule has 1 amide bonds. The third-order valence-electron chi connectivity index (χ3n) is 6.48. The lowest BCUT2D eigenvalue weighted by Crippen LogP contribution is -2.34. The summed E-state index contributed by atoms with van der Waals surface area (Å²) < 4.78 is 7.94. The van der Waals surface area contributed by atoms with Crippen LogP contribution in [0.1, 0.15) is 48.9 Å². The summed E-state index contributed by atoms with van der Waals surface area (Å²) in [6.07, 6.45) is 2.26. The number of imidazole rings is 1. The molecule has 4 N–H and O–H groups in total. The van der Waals surface area contributed by atoms with Crippen molar-refractivity contribution in [3.05, 3.63) is 83.9 Å². The maximum atomic E-state index is 12.2. The highest BCUT2D eigenvalue weighted by atomic mass is 16.5. The van der Waals surface area contributed by atoms with E-state index in [9.17, 15) is 4.79 Å². The van der Waals surface area contributed by atoms with Crippen LogP contribution in [0, 0.1) is 0 Å². The first-order valence-corrected chi connectivity index (χ1v) is 12.4. The Morgan fingerprint density at radius 2 is 1.78 bits per heavy atom. The number of likely N-dealkylation sites (N-methyl/N-ethyl adjacent to an activating group) is 1. The van der Waals surface area contributed by atoms with E-state index in [1.807, 2.05) is 23.6 Å². The Morgan fingerprint density at radius 3 is 2.42 bits per heavy atom. The van der Waals surface area contributed by atoms with Gasteiger partial charge < -0.3 is 21.1 Å². The van der Waals surface area contributed by atoms with Crippen molar-refractivity contribution in [2.24, 2.45) is 5.73 Å². The van der Waals surface area contributed by atoms with Crippen LogP contribution >= 0.6 is 0 Å². The van der Waals surface area contributed by atoms with Gasteiger partial charge in [0, 0.05) is 19.0 Å². The summed E-state index contributed by atoms with van der Waals surface area (Å²) in [7, 11) is 0. The summed E-state index contributed by atoms with van der Waals surface area (Å²) in [5, 5.41) is 6.35. The van der Waals surface area contributed by atoms with Gasteiger partial charge in [0.1, 0.15) is 18.2 Å². The number of amides is 1. The molecule has 0 bridgehead atoms. The van der Waals surface area contributed by atoms with E-state index in [0.717, 1.165) is 0 Å². The molecule has 2 unspecified atom stereocenters. The SMILES string of the molecule is CCNC(=O)C1CCC(n2cnc3c(NCC(c4ccccc4)c4ccccc4)nc(CN)nc32)O1. The van der Waals surface area contributed by atoms with Crippen molar-refractivity contribution in [2.45, 2.75) is 44.6 Å². The zero-order chi connectivity index (χ0) is 24.9. The molecule has 3 heterocycles. The Balaban J connectivity index is 1.43. The lowest BCUT2D eigenvalue weighted by atomic mass is 9.91. The average molecular weight is 486 g/mol. The molecule has 5 rings (SSSR count). The largest absolute Gasteiger partial charge is 0.367 e. The zero-order valence-electron chi connectivity index (χ0n) is 20.3. The predicted octanol–water partition coefficient (Wildman–Crippen LogP) is 3.34. The highest BCUT2D eigenvalue weighted by Gasteiger charge is 2.32. The van der Waals surface area contributed by atoms with Crippen LogP contribution in [0.25, 0.3) is 11.2 Å². The second-order valence-electron chi connectivity index (χ2n) is 8.82. The molecular formula is C27H31N7O2. The van der Waals surface area contributed by atoms with Crippen LogP contribution in [0.5, 0.6) is 0 Å². The summed E-state index contributed by atoms with van der Waals surface area (Å²) in [5.41, 5.74) is 9.66. The van der Waals surface area contributed by atoms with Crippen molar-refractivity contribution >= 4 is 22.9 Å². The lowest BCUT2D eigenvalue weighted by molar-refractivity contribution is -0.133. The first-order valence-electron chi connectivity index (χ1n) is 12.4. The molecule has 0 aliphatic carbocycles. The average Bonchev–Trinajstić information content (AvgIpc) is 3.57. The smallest absolute Gasteiger partial charge is 0.249 e. The van der Waals surface area contributed by atoms with Crippen LogP contribution in [-0.4, -0.2) is 44.6 Å². The number of rotatable bonds is 9. The van der Waals surface area contributed by atoms with Gasteiger partial charge in [-0.1, -0.05) is 60.7 Å². The van der Waals surface area contributed by atoms with Gasteiger partial charge in [0.15, 0.2) is 17.0 Å². The number of ether oxygens (including phenoxy) is 1. The van der Waals surface area contributed by atoms with Gasteiger partial charge in [-0.25, -0.2) is 15.0 Å². The number of nitrogens with two attached hydrogens (primary N) is 1. The molecule has 4 aromatic rings. The molecule has 2 atom stereocenters. The molecule has 36 heavy (non-hydrogen) atoms. The summed E-state index contributed by atoms with van der Waals surface area (Å²) in [6.45, 7) is 3.29. The number of carbonyl (C=O) groups is 1. The van der Waals surface area contributed by atoms with E-state index >= 15 is 0 Å². The van der Waals surface area contributed by atoms with Crippen molar-refractivity contribution in [2.75, 3.05) is 18.4 Å². The van der Waals surface area contributed by atoms with E-state index in [0.29, 0.717) is 48.7 Å². The van der Waals surface area contributed by atoms with Crippen LogP contribution in [0.15, 0.2) is 67.0 Å². The molecule has 1 aliphatic heterocycles. The number of anilines is 1. The fraction of sp³-hybridized carbons (Fsp3) is 0.333. The first-order chi connectivity index (χ1) is 17.7. The fourth-order valence-electron chi connectivity index (χ4n) is 4.69. The Kier molecular flexibility index (Phi) is 7.20. The number of nitrogens with zero attached hydrogens (tertiary/aromatic N) is 4. The maximum absolute atomic E-state index is 12.2. The first kappa shape index (κ1) is 23.9. The van der Waals surface area contributed by atoms with Gasteiger partial charge in [-0.15, -0.1) is 0 Å². The van der Waals surface area contributed by atoms with Gasteiger partial charge in [0.2, 0.25) is 5.91 Å². The van der Waals surface area contributed by atoms with E-state index in [-0.39, 0.29) is 24.6 Å². The standard InChI is InChI=1S/C27H31N7O2/c1-2-29-27(35)21-13-14-23(36-21)34-17-31-24-25(32-22(15-28)33-26(24)34)30-16-20(18-9-5-3-6-10-18)19-11-7-4-8-12-19/h3-12,17,20-21,23H,2,13-16,28H2,1H3,(H,29,35)(H,30,32,33). The molecule has 2 aromatic carbocycles. The summed E-state index contributed by atoms with van der Waals surface area (Å²) in [5.74, 6) is 1.18. The molecule has 0 saturated carbocycles. The van der Waals surface area contributed by atoms with Gasteiger partial charge in [-0.05, 0) is 30.9 Å². The molecule has 9 nitrogen and oxygen atoms in total. The second-order valence-corrected chi connectivity index (χ2v) is 8.82. The molecular weight excluding hydrogens is 454 g/mol. The molecule has 1 saturated heterocycles. The van der Waals surface area contributed by atoms with Crippen LogP contribution < -0.4 is 16.4 Å². The minimum absolute atomic E-state index is 0.0862. The normalized spacial score (nSPS) is 17.5. The third kappa shape index (κ3) is 4.93. The quantitative estimate of drug-likeness (QED) is 0.333. The van der Waals surface area contributed by atoms with Gasteiger partial charge >= 0.3 is 0 Å². The van der Waals surface area contributed by atoms with Gasteiger partial charge in [0.25, 0.3) is 0 Å². The molecule has 2 aromatic heterocycles.